The average molecular weight is 1020 g/mol. The molecule has 1 rings (SSSR count). The van der Waals surface area contributed by atoms with Gasteiger partial charge in [-0.2, -0.15) is 0 Å². The third-order valence-corrected chi connectivity index (χ3v) is 11.8. The minimum Gasteiger partial charge on any atom is -0.479 e. The lowest BCUT2D eigenvalue weighted by atomic mass is 9.98. The zero-order chi connectivity index (χ0) is 53.3. The number of hydrogen-bond donors (Lipinski definition) is 3. The van der Waals surface area contributed by atoms with Crippen molar-refractivity contribution in [2.45, 2.75) is 237 Å². The SMILES string of the molecule is CC/C=C\C/C=C\C/C=C\C/C=C\CCC(=O)OC(COC(=O)CCCCCCC/C=C\C/C=C\CCCCC)COC1OC(C(=O)O)C(O)C(O)C1OC(=O)CCCCCCC/C=C\C/C=C\C/C=C\CC. The van der Waals surface area contributed by atoms with Crippen LogP contribution < -0.4 is 0 Å². The molecule has 0 aromatic heterocycles. The fourth-order valence-electron chi connectivity index (χ4n) is 7.60. The highest BCUT2D eigenvalue weighted by atomic mass is 16.7. The van der Waals surface area contributed by atoms with E-state index in [1.54, 1.807) is 0 Å². The van der Waals surface area contributed by atoms with Gasteiger partial charge in [0.15, 0.2) is 24.6 Å². The van der Waals surface area contributed by atoms with Crippen molar-refractivity contribution in [1.82, 2.24) is 0 Å². The maximum absolute atomic E-state index is 13.1. The van der Waals surface area contributed by atoms with Crippen molar-refractivity contribution in [3.63, 3.8) is 0 Å². The minimum atomic E-state index is -1.93. The third kappa shape index (κ3) is 38.6. The second-order valence-electron chi connectivity index (χ2n) is 18.4. The quantitative estimate of drug-likeness (QED) is 0.0228. The van der Waals surface area contributed by atoms with Crippen LogP contribution in [-0.4, -0.2) is 89.2 Å². The van der Waals surface area contributed by atoms with E-state index in [0.717, 1.165) is 116 Å². The second-order valence-corrected chi connectivity index (χ2v) is 18.4. The first-order valence-electron chi connectivity index (χ1n) is 27.9. The molecule has 12 nitrogen and oxygen atoms in total. The van der Waals surface area contributed by atoms with Gasteiger partial charge in [-0.3, -0.25) is 14.4 Å². The van der Waals surface area contributed by atoms with E-state index in [-0.39, 0.29) is 25.9 Å². The van der Waals surface area contributed by atoms with Crippen LogP contribution in [0, 0.1) is 0 Å². The van der Waals surface area contributed by atoms with Crippen molar-refractivity contribution in [3.05, 3.63) is 109 Å². The van der Waals surface area contributed by atoms with Crippen LogP contribution >= 0.6 is 0 Å². The molecule has 3 N–H and O–H groups in total. The van der Waals surface area contributed by atoms with Crippen molar-refractivity contribution >= 4 is 23.9 Å². The third-order valence-electron chi connectivity index (χ3n) is 11.8. The van der Waals surface area contributed by atoms with Crippen molar-refractivity contribution in [2.75, 3.05) is 13.2 Å². The number of esters is 3. The highest BCUT2D eigenvalue weighted by molar-refractivity contribution is 5.74. The van der Waals surface area contributed by atoms with Crippen LogP contribution in [0.5, 0.6) is 0 Å². The van der Waals surface area contributed by atoms with Crippen molar-refractivity contribution in [3.8, 4) is 0 Å². The number of carbonyl (C=O) groups excluding carboxylic acids is 3. The number of ether oxygens (including phenoxy) is 5. The largest absolute Gasteiger partial charge is 0.479 e. The van der Waals surface area contributed by atoms with E-state index in [1.165, 1.54) is 19.3 Å². The number of aliphatic carboxylic acids is 1. The summed E-state index contributed by atoms with van der Waals surface area (Å²) in [7, 11) is 0. The molecule has 0 bridgehead atoms. The van der Waals surface area contributed by atoms with Crippen LogP contribution in [0.15, 0.2) is 109 Å². The van der Waals surface area contributed by atoms with Crippen molar-refractivity contribution < 1.29 is 58.2 Å². The zero-order valence-corrected chi connectivity index (χ0v) is 45.1. The van der Waals surface area contributed by atoms with Gasteiger partial charge >= 0.3 is 23.9 Å². The average Bonchev–Trinajstić information content (AvgIpc) is 3.37. The van der Waals surface area contributed by atoms with E-state index in [9.17, 15) is 34.5 Å². The van der Waals surface area contributed by atoms with Crippen LogP contribution in [0.25, 0.3) is 0 Å². The van der Waals surface area contributed by atoms with E-state index in [2.05, 4.69) is 118 Å². The molecule has 1 saturated heterocycles. The molecule has 6 unspecified atom stereocenters. The number of aliphatic hydroxyl groups is 2. The topological polar surface area (TPSA) is 175 Å². The molecule has 0 aliphatic carbocycles. The van der Waals surface area contributed by atoms with Gasteiger partial charge in [0.25, 0.3) is 0 Å². The molecular weight excluding hydrogens is 925 g/mol. The number of rotatable bonds is 45. The number of allylic oxidation sites excluding steroid dienone is 18. The first kappa shape index (κ1) is 66.4. The van der Waals surface area contributed by atoms with E-state index >= 15 is 0 Å². The zero-order valence-electron chi connectivity index (χ0n) is 45.1. The lowest BCUT2D eigenvalue weighted by Gasteiger charge is -2.40. The van der Waals surface area contributed by atoms with Gasteiger partial charge in [0.2, 0.25) is 0 Å². The summed E-state index contributed by atoms with van der Waals surface area (Å²) in [6, 6.07) is 0. The Morgan fingerprint density at radius 1 is 0.466 bits per heavy atom. The molecule has 412 valence electrons. The highest BCUT2D eigenvalue weighted by Gasteiger charge is 2.50. The molecule has 0 radical (unpaired) electrons. The van der Waals surface area contributed by atoms with Crippen LogP contribution in [0.1, 0.15) is 201 Å². The molecule has 73 heavy (non-hydrogen) atoms. The van der Waals surface area contributed by atoms with E-state index in [0.29, 0.717) is 25.7 Å². The minimum absolute atomic E-state index is 0.0260. The molecule has 0 saturated carbocycles. The van der Waals surface area contributed by atoms with E-state index in [4.69, 9.17) is 23.7 Å². The lowest BCUT2D eigenvalue weighted by molar-refractivity contribution is -0.301. The van der Waals surface area contributed by atoms with Gasteiger partial charge in [-0.25, -0.2) is 4.79 Å². The van der Waals surface area contributed by atoms with Gasteiger partial charge in [0.05, 0.1) is 6.61 Å². The number of carbonyl (C=O) groups is 4. The number of aliphatic hydroxyl groups excluding tert-OH is 2. The van der Waals surface area contributed by atoms with Crippen LogP contribution in [0.3, 0.4) is 0 Å². The summed E-state index contributed by atoms with van der Waals surface area (Å²) in [6.45, 7) is 5.63. The lowest BCUT2D eigenvalue weighted by Crippen LogP contribution is -2.61. The molecule has 0 amide bonds. The highest BCUT2D eigenvalue weighted by Crippen LogP contribution is 2.26. The Balaban J connectivity index is 2.77. The monoisotopic (exact) mass is 1020 g/mol. The molecule has 12 heteroatoms. The Morgan fingerprint density at radius 3 is 1.37 bits per heavy atom. The number of hydrogen-bond acceptors (Lipinski definition) is 11. The van der Waals surface area contributed by atoms with Crippen molar-refractivity contribution in [2.24, 2.45) is 0 Å². The maximum Gasteiger partial charge on any atom is 0.335 e. The molecule has 0 aromatic carbocycles. The summed E-state index contributed by atoms with van der Waals surface area (Å²) < 4.78 is 28.2. The predicted octanol–water partition coefficient (Wildman–Crippen LogP) is 13.9. The number of carboxylic acids is 1. The van der Waals surface area contributed by atoms with Crippen molar-refractivity contribution in [1.29, 1.82) is 0 Å². The molecule has 0 spiro atoms. The van der Waals surface area contributed by atoms with E-state index < -0.39 is 67.3 Å². The second kappa shape index (κ2) is 48.3. The first-order chi connectivity index (χ1) is 35.6. The van der Waals surface area contributed by atoms with Gasteiger partial charge in [0, 0.05) is 19.3 Å². The number of unbranched alkanes of at least 4 members (excludes halogenated alkanes) is 13. The van der Waals surface area contributed by atoms with Crippen LogP contribution in [0.2, 0.25) is 0 Å². The molecule has 1 aliphatic heterocycles. The fourth-order valence-corrected chi connectivity index (χ4v) is 7.60. The Kier molecular flexibility index (Phi) is 44.0. The summed E-state index contributed by atoms with van der Waals surface area (Å²) in [4.78, 5) is 51.0. The molecule has 1 aliphatic rings. The van der Waals surface area contributed by atoms with Gasteiger partial charge < -0.3 is 39.0 Å². The molecule has 6 atom stereocenters. The predicted molar refractivity (Wildman–Crippen MR) is 294 cm³/mol. The standard InChI is InChI=1S/C61H96O12/c1-4-7-10-13-16-19-22-25-27-30-32-35-38-41-44-47-53(62)69-50-52(71-54(63)48-45-42-39-36-33-29-24-21-18-15-12-9-6-3)51-70-61-59(57(66)56(65)58(73-61)60(67)68)72-55(64)49-46-43-40-37-34-31-28-26-23-20-17-14-11-8-5-2/h8-9,11-12,16-21,25-29,33,39,42,52,56-59,61,65-66H,4-7,10,13-15,22-24,30-32,34-38,40-41,43-51H2,1-3H3,(H,67,68)/b11-8-,12-9-,19-16-,20-17-,21-18-,27-25-,28-26-,33-29-,42-39-. The first-order valence-corrected chi connectivity index (χ1v) is 27.9. The van der Waals surface area contributed by atoms with Gasteiger partial charge in [-0.1, -0.05) is 182 Å². The van der Waals surface area contributed by atoms with Gasteiger partial charge in [-0.05, 0) is 109 Å². The summed E-state index contributed by atoms with van der Waals surface area (Å²) in [5.74, 6) is -3.29. The Labute approximate surface area is 440 Å². The summed E-state index contributed by atoms with van der Waals surface area (Å²) in [6.07, 6.45) is 52.2. The fraction of sp³-hybridized carbons (Fsp3) is 0.639. The Hall–Kier alpha value is -4.62. The molecule has 1 fully saturated rings. The van der Waals surface area contributed by atoms with Gasteiger partial charge in [0.1, 0.15) is 18.8 Å². The molecule has 0 aromatic rings. The summed E-state index contributed by atoms with van der Waals surface area (Å²) >= 11 is 0. The Morgan fingerprint density at radius 2 is 0.890 bits per heavy atom. The van der Waals surface area contributed by atoms with Crippen LogP contribution in [0.4, 0.5) is 0 Å². The Bertz CT molecular complexity index is 1690. The summed E-state index contributed by atoms with van der Waals surface area (Å²) in [5.41, 5.74) is 0. The van der Waals surface area contributed by atoms with E-state index in [1.807, 2.05) is 12.2 Å². The summed E-state index contributed by atoms with van der Waals surface area (Å²) in [5, 5.41) is 31.4. The molecule has 1 heterocycles. The smallest absolute Gasteiger partial charge is 0.335 e. The van der Waals surface area contributed by atoms with Gasteiger partial charge in [-0.15, -0.1) is 0 Å². The maximum atomic E-state index is 13.1. The van der Waals surface area contributed by atoms with Crippen LogP contribution in [-0.2, 0) is 42.9 Å². The molecular formula is C61H96O12. The number of carboxylic acid groups (broad SMARTS) is 1. The normalized spacial score (nSPS) is 19.2.